The highest BCUT2D eigenvalue weighted by Gasteiger charge is 2.23. The minimum atomic E-state index is -0.556. The standard InChI is InChI=1S/C14H9ClO2/c15-14(16)13-11-7-2-1-5-9(11)10-6-3-4-8-12(10)17-13/h1-8,12H. The van der Waals surface area contributed by atoms with Crippen LogP contribution < -0.4 is 10.4 Å². The number of allylic oxidation sites excluding steroid dienone is 2. The zero-order valence-electron chi connectivity index (χ0n) is 8.89. The van der Waals surface area contributed by atoms with Gasteiger partial charge in [-0.15, -0.1) is 0 Å². The first-order valence-electron chi connectivity index (χ1n) is 5.32. The molecule has 0 N–H and O–H groups in total. The molecule has 3 rings (SSSR count). The van der Waals surface area contributed by atoms with Crippen LogP contribution in [0.15, 0.2) is 48.6 Å². The summed E-state index contributed by atoms with van der Waals surface area (Å²) in [6.07, 6.45) is 7.55. The number of benzene rings is 1. The highest BCUT2D eigenvalue weighted by Crippen LogP contribution is 2.21. The van der Waals surface area contributed by atoms with E-state index in [0.29, 0.717) is 0 Å². The monoisotopic (exact) mass is 244 g/mol. The minimum absolute atomic E-state index is 0.215. The van der Waals surface area contributed by atoms with Gasteiger partial charge in [0.1, 0.15) is 6.10 Å². The maximum Gasteiger partial charge on any atom is 0.287 e. The van der Waals surface area contributed by atoms with Crippen LogP contribution in [-0.2, 0) is 9.53 Å². The minimum Gasteiger partial charge on any atom is -0.476 e. The smallest absolute Gasteiger partial charge is 0.287 e. The summed E-state index contributed by atoms with van der Waals surface area (Å²) in [6, 6.07) is 7.63. The molecule has 1 aromatic rings. The molecular formula is C14H9ClO2. The van der Waals surface area contributed by atoms with E-state index in [9.17, 15) is 4.79 Å². The van der Waals surface area contributed by atoms with Gasteiger partial charge in [0.2, 0.25) is 0 Å². The van der Waals surface area contributed by atoms with E-state index in [2.05, 4.69) is 0 Å². The summed E-state index contributed by atoms with van der Waals surface area (Å²) in [6.45, 7) is 0. The highest BCUT2D eigenvalue weighted by molar-refractivity contribution is 6.72. The van der Waals surface area contributed by atoms with E-state index in [1.54, 1.807) is 0 Å². The molecule has 2 aliphatic rings. The Morgan fingerprint density at radius 1 is 1.18 bits per heavy atom. The quantitative estimate of drug-likeness (QED) is 0.695. The third-order valence-electron chi connectivity index (χ3n) is 2.89. The van der Waals surface area contributed by atoms with E-state index in [-0.39, 0.29) is 11.9 Å². The Morgan fingerprint density at radius 3 is 2.71 bits per heavy atom. The van der Waals surface area contributed by atoms with Gasteiger partial charge in [0.05, 0.1) is 0 Å². The molecule has 1 atom stereocenters. The number of rotatable bonds is 1. The van der Waals surface area contributed by atoms with Crippen molar-refractivity contribution in [2.45, 2.75) is 6.10 Å². The second-order valence-electron chi connectivity index (χ2n) is 3.89. The van der Waals surface area contributed by atoms with Crippen LogP contribution in [0.2, 0.25) is 0 Å². The van der Waals surface area contributed by atoms with E-state index in [4.69, 9.17) is 16.3 Å². The van der Waals surface area contributed by atoms with Crippen molar-refractivity contribution in [2.24, 2.45) is 0 Å². The van der Waals surface area contributed by atoms with Crippen LogP contribution in [0.5, 0.6) is 0 Å². The average Bonchev–Trinajstić information content (AvgIpc) is 2.37. The van der Waals surface area contributed by atoms with Gasteiger partial charge in [-0.1, -0.05) is 42.5 Å². The number of hydrogen-bond donors (Lipinski definition) is 0. The maximum atomic E-state index is 11.4. The van der Waals surface area contributed by atoms with Gasteiger partial charge in [0, 0.05) is 10.8 Å². The van der Waals surface area contributed by atoms with E-state index < -0.39 is 5.24 Å². The summed E-state index contributed by atoms with van der Waals surface area (Å²) in [7, 11) is 0. The first kappa shape index (κ1) is 10.4. The normalized spacial score (nSPS) is 20.6. The first-order chi connectivity index (χ1) is 8.27. The van der Waals surface area contributed by atoms with Crippen LogP contribution in [0.4, 0.5) is 0 Å². The number of halogens is 1. The van der Waals surface area contributed by atoms with Gasteiger partial charge in [0.25, 0.3) is 5.24 Å². The molecule has 0 spiro atoms. The van der Waals surface area contributed by atoms with E-state index >= 15 is 0 Å². The molecule has 0 fully saturated rings. The van der Waals surface area contributed by atoms with E-state index in [0.717, 1.165) is 16.0 Å². The summed E-state index contributed by atoms with van der Waals surface area (Å²) < 4.78 is 5.64. The zero-order valence-corrected chi connectivity index (χ0v) is 9.65. The summed E-state index contributed by atoms with van der Waals surface area (Å²) in [5.74, 6) is 0.232. The van der Waals surface area contributed by atoms with Crippen molar-refractivity contribution in [2.75, 3.05) is 0 Å². The Kier molecular flexibility index (Phi) is 2.37. The van der Waals surface area contributed by atoms with Gasteiger partial charge in [-0.05, 0) is 22.9 Å². The van der Waals surface area contributed by atoms with Gasteiger partial charge in [-0.3, -0.25) is 4.79 Å². The predicted octanol–water partition coefficient (Wildman–Crippen LogP) is 1.24. The number of carbonyl (C=O) groups is 1. The van der Waals surface area contributed by atoms with Crippen molar-refractivity contribution >= 4 is 28.2 Å². The van der Waals surface area contributed by atoms with Crippen LogP contribution in [0.3, 0.4) is 0 Å². The number of ether oxygens (including phenoxy) is 1. The molecule has 17 heavy (non-hydrogen) atoms. The Hall–Kier alpha value is -1.80. The third kappa shape index (κ3) is 1.61. The molecule has 0 aromatic heterocycles. The molecule has 0 saturated heterocycles. The Morgan fingerprint density at radius 2 is 1.94 bits per heavy atom. The van der Waals surface area contributed by atoms with Gasteiger partial charge in [0.15, 0.2) is 5.76 Å². The first-order valence-corrected chi connectivity index (χ1v) is 5.70. The fourth-order valence-electron chi connectivity index (χ4n) is 2.14. The van der Waals surface area contributed by atoms with Crippen LogP contribution in [-0.4, -0.2) is 11.3 Å². The lowest BCUT2D eigenvalue weighted by atomic mass is 9.98. The molecule has 3 heteroatoms. The summed E-state index contributed by atoms with van der Waals surface area (Å²) in [5.41, 5.74) is 1.06. The number of fused-ring (bicyclic) bond motifs is 2. The molecule has 0 saturated carbocycles. The lowest BCUT2D eigenvalue weighted by Crippen LogP contribution is -2.39. The molecule has 0 radical (unpaired) electrons. The van der Waals surface area contributed by atoms with E-state index in [1.807, 2.05) is 48.6 Å². The van der Waals surface area contributed by atoms with Crippen LogP contribution in [0.1, 0.15) is 0 Å². The SMILES string of the molecule is O=C(Cl)C1=c2ccccc2=C2C=CC=CC2O1. The molecular weight excluding hydrogens is 236 g/mol. The lowest BCUT2D eigenvalue weighted by molar-refractivity contribution is -0.109. The van der Waals surface area contributed by atoms with Gasteiger partial charge in [-0.25, -0.2) is 0 Å². The second kappa shape index (κ2) is 3.90. The van der Waals surface area contributed by atoms with Crippen molar-refractivity contribution in [3.8, 4) is 0 Å². The molecule has 2 nitrogen and oxygen atoms in total. The van der Waals surface area contributed by atoms with Crippen LogP contribution in [0, 0.1) is 0 Å². The summed E-state index contributed by atoms with van der Waals surface area (Å²) in [4.78, 5) is 11.4. The zero-order chi connectivity index (χ0) is 11.8. The van der Waals surface area contributed by atoms with Crippen molar-refractivity contribution in [3.63, 3.8) is 0 Å². The second-order valence-corrected chi connectivity index (χ2v) is 4.23. The van der Waals surface area contributed by atoms with Crippen molar-refractivity contribution in [1.29, 1.82) is 0 Å². The lowest BCUT2D eigenvalue weighted by Gasteiger charge is -2.23. The van der Waals surface area contributed by atoms with Gasteiger partial charge < -0.3 is 4.74 Å². The Bertz CT molecular complexity index is 668. The molecule has 1 heterocycles. The third-order valence-corrected chi connectivity index (χ3v) is 3.06. The van der Waals surface area contributed by atoms with Gasteiger partial charge in [-0.2, -0.15) is 0 Å². The fourth-order valence-corrected chi connectivity index (χ4v) is 2.29. The molecule has 0 amide bonds. The largest absolute Gasteiger partial charge is 0.476 e. The van der Waals surface area contributed by atoms with Crippen molar-refractivity contribution < 1.29 is 9.53 Å². The molecule has 1 aliphatic heterocycles. The Labute approximate surface area is 103 Å². The number of hydrogen-bond acceptors (Lipinski definition) is 2. The van der Waals surface area contributed by atoms with Crippen LogP contribution in [0.25, 0.3) is 11.3 Å². The molecule has 0 bridgehead atoms. The van der Waals surface area contributed by atoms with Crippen molar-refractivity contribution in [1.82, 2.24) is 0 Å². The molecule has 84 valence electrons. The average molecular weight is 245 g/mol. The van der Waals surface area contributed by atoms with Crippen LogP contribution >= 0.6 is 11.6 Å². The fraction of sp³-hybridized carbons (Fsp3) is 0.0714. The predicted molar refractivity (Wildman–Crippen MR) is 66.5 cm³/mol. The van der Waals surface area contributed by atoms with E-state index in [1.165, 1.54) is 0 Å². The van der Waals surface area contributed by atoms with Crippen molar-refractivity contribution in [3.05, 3.63) is 59.0 Å². The van der Waals surface area contributed by atoms with Gasteiger partial charge >= 0.3 is 0 Å². The maximum absolute atomic E-state index is 11.4. The molecule has 1 aromatic carbocycles. The summed E-state index contributed by atoms with van der Waals surface area (Å²) >= 11 is 5.56. The topological polar surface area (TPSA) is 26.3 Å². The summed E-state index contributed by atoms with van der Waals surface area (Å²) in [5, 5.41) is 1.21. The Balaban J connectivity index is 2.44. The molecule has 1 unspecified atom stereocenters. The highest BCUT2D eigenvalue weighted by atomic mass is 35.5. The molecule has 1 aliphatic carbocycles. The number of carbonyl (C=O) groups excluding carboxylic acids is 1.